The maximum Gasteiger partial charge on any atom is 0.214 e. The Labute approximate surface area is 139 Å². The number of rotatable bonds is 7. The Morgan fingerprint density at radius 3 is 2.57 bits per heavy atom. The highest BCUT2D eigenvalue weighted by molar-refractivity contribution is 7.89. The minimum absolute atomic E-state index is 0.0746. The molecule has 0 atom stereocenters. The van der Waals surface area contributed by atoms with E-state index in [0.29, 0.717) is 0 Å². The van der Waals surface area contributed by atoms with E-state index in [9.17, 15) is 8.42 Å². The van der Waals surface area contributed by atoms with E-state index in [1.165, 1.54) is 7.11 Å². The van der Waals surface area contributed by atoms with Gasteiger partial charge in [-0.05, 0) is 39.7 Å². The molecular weight excluding hydrogens is 314 g/mol. The molecule has 130 valence electrons. The maximum absolute atomic E-state index is 12.3. The molecular formula is C16H27N3O3S. The third-order valence-electron chi connectivity index (χ3n) is 4.07. The van der Waals surface area contributed by atoms with Gasteiger partial charge in [0.1, 0.15) is 5.82 Å². The number of pyridine rings is 1. The Morgan fingerprint density at radius 1 is 1.30 bits per heavy atom. The van der Waals surface area contributed by atoms with Crippen molar-refractivity contribution in [1.82, 2.24) is 9.71 Å². The lowest BCUT2D eigenvalue weighted by molar-refractivity contribution is 0.0424. The SMILES string of the molecule is COC(C)(C)CS(=O)(=O)NCc1ccc(C)nc1N1CCCC1. The number of ether oxygens (including phenoxy) is 1. The van der Waals surface area contributed by atoms with Crippen LogP contribution in [0.1, 0.15) is 37.9 Å². The number of aryl methyl sites for hydroxylation is 1. The summed E-state index contributed by atoms with van der Waals surface area (Å²) in [6.07, 6.45) is 2.31. The number of hydrogen-bond donors (Lipinski definition) is 1. The molecule has 0 radical (unpaired) electrons. The summed E-state index contributed by atoms with van der Waals surface area (Å²) >= 11 is 0. The van der Waals surface area contributed by atoms with Crippen molar-refractivity contribution >= 4 is 15.8 Å². The van der Waals surface area contributed by atoms with Crippen LogP contribution in [-0.2, 0) is 21.3 Å². The number of nitrogens with zero attached hydrogens (tertiary/aromatic N) is 2. The van der Waals surface area contributed by atoms with E-state index in [1.54, 1.807) is 13.8 Å². The first kappa shape index (κ1) is 18.2. The van der Waals surface area contributed by atoms with Gasteiger partial charge in [0.15, 0.2) is 0 Å². The highest BCUT2D eigenvalue weighted by atomic mass is 32.2. The smallest absolute Gasteiger partial charge is 0.214 e. The predicted octanol–water partition coefficient (Wildman–Crippen LogP) is 1.83. The van der Waals surface area contributed by atoms with Crippen LogP contribution >= 0.6 is 0 Å². The van der Waals surface area contributed by atoms with Crippen LogP contribution in [-0.4, -0.2) is 45.0 Å². The summed E-state index contributed by atoms with van der Waals surface area (Å²) in [5, 5.41) is 0. The molecule has 1 aromatic rings. The van der Waals surface area contributed by atoms with Crippen molar-refractivity contribution in [2.45, 2.75) is 45.8 Å². The molecule has 0 saturated carbocycles. The number of aromatic nitrogens is 1. The van der Waals surface area contributed by atoms with Crippen molar-refractivity contribution in [2.75, 3.05) is 30.9 Å². The number of sulfonamides is 1. The van der Waals surface area contributed by atoms with Gasteiger partial charge in [0.05, 0.1) is 11.4 Å². The number of anilines is 1. The highest BCUT2D eigenvalue weighted by Crippen LogP contribution is 2.23. The third-order valence-corrected chi connectivity index (χ3v) is 5.73. The zero-order chi connectivity index (χ0) is 17.1. The standard InChI is InChI=1S/C16H27N3O3S/c1-13-7-8-14(15(18-13)19-9-5-6-10-19)11-17-23(20,21)12-16(2,3)22-4/h7-8,17H,5-6,9-12H2,1-4H3. The predicted molar refractivity (Wildman–Crippen MR) is 92.1 cm³/mol. The molecule has 1 aliphatic rings. The second kappa shape index (κ2) is 7.15. The van der Waals surface area contributed by atoms with Gasteiger partial charge in [0.25, 0.3) is 0 Å². The quantitative estimate of drug-likeness (QED) is 0.819. The van der Waals surface area contributed by atoms with Crippen molar-refractivity contribution < 1.29 is 13.2 Å². The first-order chi connectivity index (χ1) is 10.7. The van der Waals surface area contributed by atoms with Crippen LogP contribution in [0.4, 0.5) is 5.82 Å². The van der Waals surface area contributed by atoms with Crippen LogP contribution in [0, 0.1) is 6.92 Å². The third kappa shape index (κ3) is 5.16. The molecule has 0 aromatic carbocycles. The molecule has 1 fully saturated rings. The summed E-state index contributed by atoms with van der Waals surface area (Å²) in [7, 11) is -1.90. The van der Waals surface area contributed by atoms with Crippen molar-refractivity contribution in [2.24, 2.45) is 0 Å². The molecule has 2 heterocycles. The molecule has 0 aliphatic carbocycles. The lowest BCUT2D eigenvalue weighted by Crippen LogP contribution is -2.38. The minimum atomic E-state index is -3.42. The van der Waals surface area contributed by atoms with Gasteiger partial charge in [0.2, 0.25) is 10.0 Å². The Hall–Kier alpha value is -1.18. The summed E-state index contributed by atoms with van der Waals surface area (Å²) in [4.78, 5) is 6.84. The Morgan fingerprint density at radius 2 is 1.96 bits per heavy atom. The van der Waals surface area contributed by atoms with E-state index in [4.69, 9.17) is 4.74 Å². The van der Waals surface area contributed by atoms with Gasteiger partial charge in [-0.2, -0.15) is 0 Å². The van der Waals surface area contributed by atoms with E-state index >= 15 is 0 Å². The number of nitrogens with one attached hydrogen (secondary N) is 1. The molecule has 6 nitrogen and oxygen atoms in total. The normalized spacial score (nSPS) is 16.1. The molecule has 1 N–H and O–H groups in total. The molecule has 2 rings (SSSR count). The molecule has 1 saturated heterocycles. The summed E-state index contributed by atoms with van der Waals surface area (Å²) < 4.78 is 32.4. The van der Waals surface area contributed by atoms with Gasteiger partial charge < -0.3 is 9.64 Å². The molecule has 0 spiro atoms. The highest BCUT2D eigenvalue weighted by Gasteiger charge is 2.26. The summed E-state index contributed by atoms with van der Waals surface area (Å²) in [6, 6.07) is 3.88. The summed E-state index contributed by atoms with van der Waals surface area (Å²) in [6.45, 7) is 7.68. The summed E-state index contributed by atoms with van der Waals surface area (Å²) in [5.41, 5.74) is 1.14. The van der Waals surface area contributed by atoms with E-state index in [1.807, 2.05) is 19.1 Å². The lowest BCUT2D eigenvalue weighted by Gasteiger charge is -2.23. The average Bonchev–Trinajstić information content (AvgIpc) is 2.99. The number of methoxy groups -OCH3 is 1. The van der Waals surface area contributed by atoms with Crippen LogP contribution in [0.2, 0.25) is 0 Å². The zero-order valence-electron chi connectivity index (χ0n) is 14.4. The molecule has 1 aliphatic heterocycles. The van der Waals surface area contributed by atoms with E-state index in [2.05, 4.69) is 14.6 Å². The first-order valence-electron chi connectivity index (χ1n) is 7.96. The molecule has 23 heavy (non-hydrogen) atoms. The largest absolute Gasteiger partial charge is 0.378 e. The monoisotopic (exact) mass is 341 g/mol. The number of hydrogen-bond acceptors (Lipinski definition) is 5. The van der Waals surface area contributed by atoms with Gasteiger partial charge in [-0.25, -0.2) is 18.1 Å². The minimum Gasteiger partial charge on any atom is -0.378 e. The summed E-state index contributed by atoms with van der Waals surface area (Å²) in [5.74, 6) is 0.825. The van der Waals surface area contributed by atoms with E-state index in [0.717, 1.165) is 43.0 Å². The van der Waals surface area contributed by atoms with Crippen LogP contribution < -0.4 is 9.62 Å². The molecule has 0 amide bonds. The van der Waals surface area contributed by atoms with Crippen molar-refractivity contribution in [3.63, 3.8) is 0 Å². The Balaban J connectivity index is 2.11. The zero-order valence-corrected chi connectivity index (χ0v) is 15.2. The lowest BCUT2D eigenvalue weighted by atomic mass is 10.2. The fraction of sp³-hybridized carbons (Fsp3) is 0.688. The molecule has 0 unspecified atom stereocenters. The van der Waals surface area contributed by atoms with Gasteiger partial charge in [-0.3, -0.25) is 0 Å². The topological polar surface area (TPSA) is 71.5 Å². The van der Waals surface area contributed by atoms with Gasteiger partial charge in [-0.1, -0.05) is 6.07 Å². The van der Waals surface area contributed by atoms with Crippen molar-refractivity contribution in [3.05, 3.63) is 23.4 Å². The van der Waals surface area contributed by atoms with Crippen LogP contribution in [0.15, 0.2) is 12.1 Å². The van der Waals surface area contributed by atoms with Crippen molar-refractivity contribution in [3.8, 4) is 0 Å². The fourth-order valence-corrected chi connectivity index (χ4v) is 4.18. The van der Waals surface area contributed by atoms with E-state index in [-0.39, 0.29) is 12.3 Å². The maximum atomic E-state index is 12.3. The molecule has 1 aromatic heterocycles. The van der Waals surface area contributed by atoms with Crippen molar-refractivity contribution in [1.29, 1.82) is 0 Å². The molecule has 7 heteroatoms. The van der Waals surface area contributed by atoms with Crippen LogP contribution in [0.3, 0.4) is 0 Å². The Bertz CT molecular complexity index is 638. The Kier molecular flexibility index (Phi) is 5.65. The van der Waals surface area contributed by atoms with E-state index < -0.39 is 15.6 Å². The van der Waals surface area contributed by atoms with Crippen LogP contribution in [0.25, 0.3) is 0 Å². The van der Waals surface area contributed by atoms with Gasteiger partial charge in [-0.15, -0.1) is 0 Å². The average molecular weight is 341 g/mol. The first-order valence-corrected chi connectivity index (χ1v) is 9.62. The fourth-order valence-electron chi connectivity index (χ4n) is 2.67. The second-order valence-corrected chi connectivity index (χ2v) is 8.48. The van der Waals surface area contributed by atoms with Gasteiger partial charge in [0, 0.05) is 38.0 Å². The van der Waals surface area contributed by atoms with Gasteiger partial charge >= 0.3 is 0 Å². The second-order valence-electron chi connectivity index (χ2n) is 6.67. The molecule has 0 bridgehead atoms. The van der Waals surface area contributed by atoms with Crippen LogP contribution in [0.5, 0.6) is 0 Å².